The summed E-state index contributed by atoms with van der Waals surface area (Å²) in [4.78, 5) is 25.2. The number of aromatic amines is 1. The van der Waals surface area contributed by atoms with E-state index in [4.69, 9.17) is 16.0 Å². The van der Waals surface area contributed by atoms with Gasteiger partial charge in [-0.3, -0.25) is 10.4 Å². The van der Waals surface area contributed by atoms with Crippen LogP contribution in [0, 0.1) is 6.92 Å². The number of nitrogens with one attached hydrogen (secondary N) is 5. The van der Waals surface area contributed by atoms with Gasteiger partial charge in [-0.1, -0.05) is 11.6 Å². The highest BCUT2D eigenvalue weighted by Crippen LogP contribution is 2.36. The fourth-order valence-electron chi connectivity index (χ4n) is 3.53. The first kappa shape index (κ1) is 26.5. The van der Waals surface area contributed by atoms with Crippen molar-refractivity contribution in [2.45, 2.75) is 13.1 Å². The van der Waals surface area contributed by atoms with Gasteiger partial charge in [-0.25, -0.2) is 14.8 Å². The number of carbonyl (C=O) groups is 1. The Morgan fingerprint density at radius 3 is 2.52 bits per heavy atom. The van der Waals surface area contributed by atoms with E-state index < -0.39 is 22.8 Å². The first-order valence-corrected chi connectivity index (χ1v) is 11.9. The number of alkyl halides is 3. The number of rotatable bonds is 7. The Labute approximate surface area is 229 Å². The summed E-state index contributed by atoms with van der Waals surface area (Å²) in [5.74, 6) is 2.17. The van der Waals surface area contributed by atoms with E-state index in [-0.39, 0.29) is 17.5 Å². The van der Waals surface area contributed by atoms with E-state index in [2.05, 4.69) is 46.4 Å². The lowest BCUT2D eigenvalue weighted by Gasteiger charge is -2.12. The molecule has 5 rings (SSSR count). The molecule has 5 N–H and O–H groups in total. The number of aromatic nitrogens is 5. The Hall–Kier alpha value is -5.11. The third-order valence-corrected chi connectivity index (χ3v) is 5.59. The number of urea groups is 1. The number of pyridine rings is 1. The first-order chi connectivity index (χ1) is 19.1. The van der Waals surface area contributed by atoms with Crippen LogP contribution in [0.1, 0.15) is 11.3 Å². The van der Waals surface area contributed by atoms with Gasteiger partial charge in [-0.15, -0.1) is 0 Å². The van der Waals surface area contributed by atoms with Gasteiger partial charge in [0.2, 0.25) is 5.95 Å². The van der Waals surface area contributed by atoms with Crippen molar-refractivity contribution in [2.24, 2.45) is 0 Å². The molecule has 4 heterocycles. The summed E-state index contributed by atoms with van der Waals surface area (Å²) < 4.78 is 44.5. The van der Waals surface area contributed by atoms with Crippen LogP contribution in [0.5, 0.6) is 0 Å². The second-order valence-corrected chi connectivity index (χ2v) is 8.72. The van der Waals surface area contributed by atoms with Crippen molar-refractivity contribution in [1.82, 2.24) is 25.1 Å². The first-order valence-electron chi connectivity index (χ1n) is 11.5. The van der Waals surface area contributed by atoms with Gasteiger partial charge in [0.1, 0.15) is 23.1 Å². The Balaban J connectivity index is 1.20. The molecule has 0 radical (unpaired) electrons. The van der Waals surface area contributed by atoms with Crippen molar-refractivity contribution in [2.75, 3.05) is 21.3 Å². The number of carbonyl (C=O) groups excluding carboxylic acids is 1. The number of nitrogens with zero attached hydrogens (tertiary/aromatic N) is 4. The Morgan fingerprint density at radius 2 is 1.80 bits per heavy atom. The summed E-state index contributed by atoms with van der Waals surface area (Å²) >= 11 is 5.61. The van der Waals surface area contributed by atoms with E-state index in [0.717, 1.165) is 12.1 Å². The molecule has 4 aromatic heterocycles. The molecule has 40 heavy (non-hydrogen) atoms. The van der Waals surface area contributed by atoms with E-state index in [1.807, 2.05) is 6.92 Å². The van der Waals surface area contributed by atoms with Gasteiger partial charge in [0, 0.05) is 23.5 Å². The zero-order valence-electron chi connectivity index (χ0n) is 20.5. The van der Waals surface area contributed by atoms with Gasteiger partial charge in [0.25, 0.3) is 0 Å². The second-order valence-electron chi connectivity index (χ2n) is 8.32. The quantitative estimate of drug-likeness (QED) is 0.141. The van der Waals surface area contributed by atoms with E-state index in [9.17, 15) is 18.0 Å². The normalized spacial score (nSPS) is 11.2. The van der Waals surface area contributed by atoms with Gasteiger partial charge in [0.05, 0.1) is 28.7 Å². The summed E-state index contributed by atoms with van der Waals surface area (Å²) in [6.07, 6.45) is -1.66. The number of benzene rings is 1. The largest absolute Gasteiger partial charge is 0.463 e. The molecule has 0 atom stereocenters. The molecule has 0 saturated carbocycles. The summed E-state index contributed by atoms with van der Waals surface area (Å²) in [6, 6.07) is 12.5. The maximum Gasteiger partial charge on any atom is 0.417 e. The summed E-state index contributed by atoms with van der Waals surface area (Å²) in [7, 11) is 0. The molecule has 0 aliphatic rings. The molecule has 2 amide bonds. The summed E-state index contributed by atoms with van der Waals surface area (Å²) in [5, 5.41) is 17.5. The van der Waals surface area contributed by atoms with Crippen LogP contribution >= 0.6 is 11.6 Å². The van der Waals surface area contributed by atoms with Crippen LogP contribution < -0.4 is 21.3 Å². The molecule has 204 valence electrons. The predicted octanol–water partition coefficient (Wildman–Crippen LogP) is 6.97. The van der Waals surface area contributed by atoms with Crippen LogP contribution in [0.3, 0.4) is 0 Å². The predicted molar refractivity (Wildman–Crippen MR) is 143 cm³/mol. The molecule has 0 spiro atoms. The molecule has 11 nitrogen and oxygen atoms in total. The average molecular weight is 570 g/mol. The third kappa shape index (κ3) is 6.47. The highest BCUT2D eigenvalue weighted by molar-refractivity contribution is 6.31. The lowest BCUT2D eigenvalue weighted by atomic mass is 10.2. The summed E-state index contributed by atoms with van der Waals surface area (Å²) in [5.41, 5.74) is 0.701. The van der Waals surface area contributed by atoms with Crippen LogP contribution in [-0.4, -0.2) is 31.2 Å². The molecule has 0 aliphatic heterocycles. The molecular weight excluding hydrogens is 551 g/mol. The topological polar surface area (TPSA) is 146 Å². The molecule has 15 heteroatoms. The minimum Gasteiger partial charge on any atom is -0.463 e. The zero-order valence-corrected chi connectivity index (χ0v) is 21.2. The monoisotopic (exact) mass is 569 g/mol. The van der Waals surface area contributed by atoms with E-state index in [0.29, 0.717) is 34.5 Å². The molecule has 0 unspecified atom stereocenters. The second kappa shape index (κ2) is 10.9. The number of hydrogen-bond acceptors (Lipinski definition) is 8. The third-order valence-electron chi connectivity index (χ3n) is 5.26. The lowest BCUT2D eigenvalue weighted by molar-refractivity contribution is -0.137. The number of furan rings is 1. The Morgan fingerprint density at radius 1 is 0.975 bits per heavy atom. The number of hydrogen-bond donors (Lipinski definition) is 5. The number of anilines is 6. The van der Waals surface area contributed by atoms with Gasteiger partial charge in [-0.2, -0.15) is 23.3 Å². The summed E-state index contributed by atoms with van der Waals surface area (Å²) in [6.45, 7) is 1.81. The standard InChI is InChI=1S/C25H19ClF3N9O2/c1-13-9-21(34-22-11-18(37-38-22)19-3-2-8-40-19)35-23(31-13)32-15-5-7-20(30-12-15)36-24(39)33-14-4-6-17(26)16(10-14)25(27,28)29/h2-12H,1H3,(H2,30,33,36,39)(H3,31,32,34,35,37,38). The van der Waals surface area contributed by atoms with Gasteiger partial charge in [-0.05, 0) is 49.4 Å². The fraction of sp³-hybridized carbons (Fsp3) is 0.0800. The highest BCUT2D eigenvalue weighted by Gasteiger charge is 2.33. The smallest absolute Gasteiger partial charge is 0.417 e. The van der Waals surface area contributed by atoms with E-state index in [1.54, 1.807) is 36.6 Å². The SMILES string of the molecule is Cc1cc(Nc2cc(-c3ccco3)n[nH]2)nc(Nc2ccc(NC(=O)Nc3ccc(Cl)c(C(F)(F)F)c3)nc2)n1. The number of halogens is 4. The average Bonchev–Trinajstić information content (AvgIpc) is 3.58. The van der Waals surface area contributed by atoms with Crippen molar-refractivity contribution in [3.63, 3.8) is 0 Å². The van der Waals surface area contributed by atoms with Crippen molar-refractivity contribution in [3.8, 4) is 11.5 Å². The fourth-order valence-corrected chi connectivity index (χ4v) is 3.76. The van der Waals surface area contributed by atoms with Crippen LogP contribution in [-0.2, 0) is 6.18 Å². The maximum atomic E-state index is 13.1. The van der Waals surface area contributed by atoms with E-state index >= 15 is 0 Å². The number of amides is 2. The van der Waals surface area contributed by atoms with Crippen LogP contribution in [0.2, 0.25) is 5.02 Å². The number of aryl methyl sites for hydroxylation is 1. The zero-order chi connectivity index (χ0) is 28.3. The minimum absolute atomic E-state index is 0.0826. The minimum atomic E-state index is -4.66. The lowest BCUT2D eigenvalue weighted by Crippen LogP contribution is -2.20. The molecular formula is C25H19ClF3N9O2. The number of H-pyrrole nitrogens is 1. The van der Waals surface area contributed by atoms with Gasteiger partial charge in [0.15, 0.2) is 5.76 Å². The van der Waals surface area contributed by atoms with Crippen molar-refractivity contribution >= 4 is 52.4 Å². The van der Waals surface area contributed by atoms with Crippen molar-refractivity contribution < 1.29 is 22.4 Å². The molecule has 0 fully saturated rings. The highest BCUT2D eigenvalue weighted by atomic mass is 35.5. The molecule has 0 aliphatic carbocycles. The molecule has 1 aromatic carbocycles. The van der Waals surface area contributed by atoms with Crippen LogP contribution in [0.15, 0.2) is 71.5 Å². The maximum absolute atomic E-state index is 13.1. The van der Waals surface area contributed by atoms with Crippen molar-refractivity contribution in [1.29, 1.82) is 0 Å². The van der Waals surface area contributed by atoms with Crippen molar-refractivity contribution in [3.05, 3.63) is 83.3 Å². The Bertz CT molecular complexity index is 1640. The van der Waals surface area contributed by atoms with Crippen LogP contribution in [0.4, 0.5) is 52.7 Å². The van der Waals surface area contributed by atoms with Gasteiger partial charge >= 0.3 is 12.2 Å². The molecule has 5 aromatic rings. The molecule has 0 saturated heterocycles. The Kier molecular flexibility index (Phi) is 7.25. The van der Waals surface area contributed by atoms with Crippen LogP contribution in [0.25, 0.3) is 11.5 Å². The van der Waals surface area contributed by atoms with Gasteiger partial charge < -0.3 is 20.4 Å². The molecule has 0 bridgehead atoms. The van der Waals surface area contributed by atoms with E-state index in [1.165, 1.54) is 18.3 Å².